The summed E-state index contributed by atoms with van der Waals surface area (Å²) in [5.74, 6) is 0.934. The Labute approximate surface area is 129 Å². The maximum Gasteiger partial charge on any atom is 0.122 e. The number of hydrogen-bond donors (Lipinski definition) is 2. The summed E-state index contributed by atoms with van der Waals surface area (Å²) < 4.78 is 5.87. The highest BCUT2D eigenvalue weighted by Crippen LogP contribution is 2.27. The summed E-state index contributed by atoms with van der Waals surface area (Å²) >= 11 is 0. The van der Waals surface area contributed by atoms with Gasteiger partial charge in [-0.2, -0.15) is 0 Å². The Hall–Kier alpha value is -1.06. The zero-order valence-corrected chi connectivity index (χ0v) is 14.4. The van der Waals surface area contributed by atoms with Crippen molar-refractivity contribution in [1.29, 1.82) is 0 Å². The van der Waals surface area contributed by atoms with Crippen molar-refractivity contribution in [3.63, 3.8) is 0 Å². The molecule has 2 N–H and O–H groups in total. The SMILES string of the molecule is Cc1cc(C(C)(C)C)ccc1OCCC(CO)NC(C)C. The molecule has 0 bridgehead atoms. The Balaban J connectivity index is 2.56. The molecule has 21 heavy (non-hydrogen) atoms. The fourth-order valence-electron chi connectivity index (χ4n) is 2.29. The molecule has 0 aliphatic carbocycles. The molecule has 3 nitrogen and oxygen atoms in total. The first-order valence-corrected chi connectivity index (χ1v) is 7.85. The zero-order valence-electron chi connectivity index (χ0n) is 14.4. The molecule has 0 fully saturated rings. The van der Waals surface area contributed by atoms with Gasteiger partial charge in [0.15, 0.2) is 0 Å². The summed E-state index contributed by atoms with van der Waals surface area (Å²) in [4.78, 5) is 0. The number of aryl methyl sites for hydroxylation is 1. The monoisotopic (exact) mass is 293 g/mol. The van der Waals surface area contributed by atoms with E-state index in [0.717, 1.165) is 12.2 Å². The van der Waals surface area contributed by atoms with Crippen LogP contribution in [0.5, 0.6) is 5.75 Å². The van der Waals surface area contributed by atoms with Gasteiger partial charge in [0.1, 0.15) is 5.75 Å². The Kier molecular flexibility index (Phi) is 6.69. The quantitative estimate of drug-likeness (QED) is 0.809. The van der Waals surface area contributed by atoms with Gasteiger partial charge in [-0.3, -0.25) is 0 Å². The van der Waals surface area contributed by atoms with Crippen molar-refractivity contribution >= 4 is 0 Å². The van der Waals surface area contributed by atoms with E-state index in [4.69, 9.17) is 4.74 Å². The fraction of sp³-hybridized carbons (Fsp3) is 0.667. The molecule has 0 saturated heterocycles. The van der Waals surface area contributed by atoms with Crippen LogP contribution in [0, 0.1) is 6.92 Å². The maximum atomic E-state index is 9.33. The van der Waals surface area contributed by atoms with E-state index in [0.29, 0.717) is 12.6 Å². The second kappa shape index (κ2) is 7.81. The lowest BCUT2D eigenvalue weighted by Crippen LogP contribution is -2.38. The Morgan fingerprint density at radius 3 is 2.38 bits per heavy atom. The van der Waals surface area contributed by atoms with E-state index in [2.05, 4.69) is 65.1 Å². The molecule has 0 saturated carbocycles. The number of benzene rings is 1. The van der Waals surface area contributed by atoms with Gasteiger partial charge in [-0.05, 0) is 36.0 Å². The van der Waals surface area contributed by atoms with Crippen molar-refractivity contribution < 1.29 is 9.84 Å². The molecule has 0 spiro atoms. The van der Waals surface area contributed by atoms with Gasteiger partial charge in [-0.1, -0.05) is 46.8 Å². The van der Waals surface area contributed by atoms with Crippen LogP contribution in [0.25, 0.3) is 0 Å². The largest absolute Gasteiger partial charge is 0.493 e. The van der Waals surface area contributed by atoms with Gasteiger partial charge >= 0.3 is 0 Å². The van der Waals surface area contributed by atoms with Crippen LogP contribution < -0.4 is 10.1 Å². The minimum atomic E-state index is 0.0964. The van der Waals surface area contributed by atoms with Crippen LogP contribution in [0.2, 0.25) is 0 Å². The predicted octanol–water partition coefficient (Wildman–Crippen LogP) is 3.42. The molecule has 1 rings (SSSR count). The number of hydrogen-bond acceptors (Lipinski definition) is 3. The minimum Gasteiger partial charge on any atom is -0.493 e. The molecule has 0 radical (unpaired) electrons. The van der Waals surface area contributed by atoms with E-state index < -0.39 is 0 Å². The standard InChI is InChI=1S/C18H31NO2/c1-13(2)19-16(12-20)9-10-21-17-8-7-15(11-14(17)3)18(4,5)6/h7-8,11,13,16,19-20H,9-10,12H2,1-6H3. The zero-order chi connectivity index (χ0) is 16.0. The fourth-order valence-corrected chi connectivity index (χ4v) is 2.29. The van der Waals surface area contributed by atoms with Crippen LogP contribution in [0.1, 0.15) is 52.2 Å². The molecule has 120 valence electrons. The Morgan fingerprint density at radius 2 is 1.90 bits per heavy atom. The lowest BCUT2D eigenvalue weighted by atomic mass is 9.86. The summed E-state index contributed by atoms with van der Waals surface area (Å²) in [6.45, 7) is 13.6. The molecular weight excluding hydrogens is 262 g/mol. The number of nitrogens with one attached hydrogen (secondary N) is 1. The molecule has 0 aliphatic heterocycles. The highest BCUT2D eigenvalue weighted by molar-refractivity contribution is 5.38. The highest BCUT2D eigenvalue weighted by Gasteiger charge is 2.15. The third-order valence-corrected chi connectivity index (χ3v) is 3.55. The lowest BCUT2D eigenvalue weighted by molar-refractivity contribution is 0.202. The van der Waals surface area contributed by atoms with Gasteiger partial charge in [-0.15, -0.1) is 0 Å². The van der Waals surface area contributed by atoms with Gasteiger partial charge in [0.05, 0.1) is 13.2 Å². The van der Waals surface area contributed by atoms with Crippen LogP contribution in [-0.2, 0) is 5.41 Å². The first-order valence-electron chi connectivity index (χ1n) is 7.85. The molecule has 0 amide bonds. The summed E-state index contributed by atoms with van der Waals surface area (Å²) in [7, 11) is 0. The smallest absolute Gasteiger partial charge is 0.122 e. The topological polar surface area (TPSA) is 41.5 Å². The molecule has 0 aliphatic rings. The third kappa shape index (κ3) is 6.06. The van der Waals surface area contributed by atoms with Crippen LogP contribution in [0.3, 0.4) is 0 Å². The highest BCUT2D eigenvalue weighted by atomic mass is 16.5. The van der Waals surface area contributed by atoms with E-state index in [-0.39, 0.29) is 18.1 Å². The minimum absolute atomic E-state index is 0.0964. The van der Waals surface area contributed by atoms with Gasteiger partial charge in [0.2, 0.25) is 0 Å². The predicted molar refractivity (Wildman–Crippen MR) is 89.1 cm³/mol. The second-order valence-corrected chi connectivity index (χ2v) is 7.07. The van der Waals surface area contributed by atoms with Crippen LogP contribution >= 0.6 is 0 Å². The summed E-state index contributed by atoms with van der Waals surface area (Å²) in [6, 6.07) is 6.86. The van der Waals surface area contributed by atoms with E-state index in [9.17, 15) is 5.11 Å². The van der Waals surface area contributed by atoms with Crippen LogP contribution in [-0.4, -0.2) is 30.4 Å². The molecule has 1 aromatic carbocycles. The van der Waals surface area contributed by atoms with Gasteiger partial charge < -0.3 is 15.2 Å². The van der Waals surface area contributed by atoms with Crippen LogP contribution in [0.4, 0.5) is 0 Å². The maximum absolute atomic E-state index is 9.33. The molecule has 3 heteroatoms. The van der Waals surface area contributed by atoms with Crippen molar-refractivity contribution in [3.05, 3.63) is 29.3 Å². The van der Waals surface area contributed by atoms with Crippen molar-refractivity contribution in [2.24, 2.45) is 0 Å². The summed E-state index contributed by atoms with van der Waals surface area (Å²) in [6.07, 6.45) is 0.801. The van der Waals surface area contributed by atoms with Crippen molar-refractivity contribution in [2.45, 2.75) is 65.5 Å². The average Bonchev–Trinajstić information content (AvgIpc) is 2.37. The third-order valence-electron chi connectivity index (χ3n) is 3.55. The Bertz CT molecular complexity index is 435. The van der Waals surface area contributed by atoms with Crippen molar-refractivity contribution in [3.8, 4) is 5.75 Å². The molecule has 0 heterocycles. The first kappa shape index (κ1) is 18.0. The van der Waals surface area contributed by atoms with Gasteiger partial charge in [0.25, 0.3) is 0 Å². The molecule has 1 aromatic rings. The Morgan fingerprint density at radius 1 is 1.24 bits per heavy atom. The number of ether oxygens (including phenoxy) is 1. The molecular formula is C18H31NO2. The first-order chi connectivity index (χ1) is 9.74. The second-order valence-electron chi connectivity index (χ2n) is 7.07. The van der Waals surface area contributed by atoms with Crippen LogP contribution in [0.15, 0.2) is 18.2 Å². The average molecular weight is 293 g/mol. The van der Waals surface area contributed by atoms with Crippen molar-refractivity contribution in [1.82, 2.24) is 5.32 Å². The van der Waals surface area contributed by atoms with E-state index >= 15 is 0 Å². The van der Waals surface area contributed by atoms with Crippen molar-refractivity contribution in [2.75, 3.05) is 13.2 Å². The van der Waals surface area contributed by atoms with E-state index in [1.54, 1.807) is 0 Å². The summed E-state index contributed by atoms with van der Waals surface area (Å²) in [5.41, 5.74) is 2.65. The lowest BCUT2D eigenvalue weighted by Gasteiger charge is -2.22. The number of rotatable bonds is 7. The molecule has 0 aromatic heterocycles. The van der Waals surface area contributed by atoms with E-state index in [1.165, 1.54) is 11.1 Å². The summed E-state index contributed by atoms with van der Waals surface area (Å²) in [5, 5.41) is 12.7. The number of aliphatic hydroxyl groups excluding tert-OH is 1. The molecule has 1 unspecified atom stereocenters. The van der Waals surface area contributed by atoms with Gasteiger partial charge in [0, 0.05) is 12.1 Å². The number of aliphatic hydroxyl groups is 1. The normalized spacial score (nSPS) is 13.5. The van der Waals surface area contributed by atoms with Gasteiger partial charge in [-0.25, -0.2) is 0 Å². The van der Waals surface area contributed by atoms with E-state index in [1.807, 2.05) is 0 Å². The molecule has 1 atom stereocenters.